The van der Waals surface area contributed by atoms with Crippen LogP contribution < -0.4 is 20.9 Å². The molecule has 0 saturated carbocycles. The number of para-hydroxylation sites is 1. The van der Waals surface area contributed by atoms with Crippen molar-refractivity contribution in [2.45, 2.75) is 18.5 Å². The minimum absolute atomic E-state index is 0.0218. The van der Waals surface area contributed by atoms with Gasteiger partial charge in [-0.15, -0.1) is 0 Å². The number of nitrogens with one attached hydrogen (secondary N) is 4. The number of hydrazine groups is 1. The maximum absolute atomic E-state index is 12.1. The fourth-order valence-corrected chi connectivity index (χ4v) is 2.42. The van der Waals surface area contributed by atoms with Gasteiger partial charge in [0, 0.05) is 18.0 Å². The Bertz CT molecular complexity index is 614. The van der Waals surface area contributed by atoms with Gasteiger partial charge in [0.25, 0.3) is 0 Å². The summed E-state index contributed by atoms with van der Waals surface area (Å²) in [6.07, 6.45) is 3.88. The molecule has 1 saturated heterocycles. The van der Waals surface area contributed by atoms with Crippen molar-refractivity contribution in [1.82, 2.24) is 20.8 Å². The smallest absolute Gasteiger partial charge is 0.245 e. The molecule has 1 aliphatic heterocycles. The molecule has 2 atom stereocenters. The van der Waals surface area contributed by atoms with Gasteiger partial charge in [-0.25, -0.2) is 15.8 Å². The summed E-state index contributed by atoms with van der Waals surface area (Å²) in [6.45, 7) is 0. The van der Waals surface area contributed by atoms with E-state index in [1.807, 2.05) is 24.3 Å². The molecule has 21 heavy (non-hydrogen) atoms. The lowest BCUT2D eigenvalue weighted by molar-refractivity contribution is -0.117. The molecule has 1 aromatic heterocycles. The third-order valence-electron chi connectivity index (χ3n) is 3.47. The number of amides is 1. The van der Waals surface area contributed by atoms with Crippen LogP contribution in [-0.4, -0.2) is 29.0 Å². The maximum Gasteiger partial charge on any atom is 0.245 e. The van der Waals surface area contributed by atoms with Crippen molar-refractivity contribution in [1.29, 1.82) is 0 Å². The van der Waals surface area contributed by atoms with Gasteiger partial charge in [0.05, 0.1) is 13.2 Å². The first-order chi connectivity index (χ1) is 10.3. The normalized spacial score (nSPS) is 21.2. The Labute approximate surface area is 122 Å². The number of nitrogens with zero attached hydrogens (tertiary/aromatic N) is 1. The van der Waals surface area contributed by atoms with Crippen LogP contribution in [0.3, 0.4) is 0 Å². The predicted octanol–water partition coefficient (Wildman–Crippen LogP) is 0.965. The number of carbonyl (C=O) groups is 1. The molecule has 2 unspecified atom stereocenters. The molecule has 1 fully saturated rings. The lowest BCUT2D eigenvalue weighted by Gasteiger charge is -2.13. The highest BCUT2D eigenvalue weighted by Gasteiger charge is 2.31. The Morgan fingerprint density at radius 1 is 1.38 bits per heavy atom. The number of hydrogen-bond donors (Lipinski definition) is 4. The molecule has 0 radical (unpaired) electrons. The topological polar surface area (TPSA) is 91.1 Å². The van der Waals surface area contributed by atoms with Gasteiger partial charge >= 0.3 is 0 Å². The van der Waals surface area contributed by atoms with Crippen LogP contribution in [0, 0.1) is 0 Å². The Balaban J connectivity index is 1.66. The molecule has 4 N–H and O–H groups in total. The molecule has 0 spiro atoms. The number of imidazole rings is 1. The van der Waals surface area contributed by atoms with Crippen LogP contribution in [0.2, 0.25) is 0 Å². The standard InChI is InChI=1S/C14H17N5O2/c1-21-12-5-3-2-4-9(12)10-8-11(19-18-10)13(20)17-14-15-6-7-16-14/h2-7,10-11,18-19H,8H2,1H3,(H2,15,16,17,20). The van der Waals surface area contributed by atoms with Crippen molar-refractivity contribution in [3.05, 3.63) is 42.2 Å². The van der Waals surface area contributed by atoms with Crippen LogP contribution in [0.4, 0.5) is 5.95 Å². The maximum atomic E-state index is 12.1. The number of hydrogen-bond acceptors (Lipinski definition) is 5. The zero-order valence-electron chi connectivity index (χ0n) is 11.6. The van der Waals surface area contributed by atoms with Gasteiger partial charge in [0.2, 0.25) is 11.9 Å². The third kappa shape index (κ3) is 2.88. The number of rotatable bonds is 4. The lowest BCUT2D eigenvalue weighted by atomic mass is 10.0. The zero-order chi connectivity index (χ0) is 14.7. The molecule has 7 nitrogen and oxygen atoms in total. The van der Waals surface area contributed by atoms with Gasteiger partial charge in [0.1, 0.15) is 11.8 Å². The van der Waals surface area contributed by atoms with E-state index in [1.54, 1.807) is 19.5 Å². The second-order valence-electron chi connectivity index (χ2n) is 4.80. The van der Waals surface area contributed by atoms with Crippen LogP contribution in [-0.2, 0) is 4.79 Å². The van der Waals surface area contributed by atoms with Crippen LogP contribution in [0.5, 0.6) is 5.75 Å². The van der Waals surface area contributed by atoms with Gasteiger partial charge < -0.3 is 9.72 Å². The van der Waals surface area contributed by atoms with E-state index < -0.39 is 0 Å². The summed E-state index contributed by atoms with van der Waals surface area (Å²) >= 11 is 0. The molecular formula is C14H17N5O2. The van der Waals surface area contributed by atoms with Crippen molar-refractivity contribution < 1.29 is 9.53 Å². The fraction of sp³-hybridized carbons (Fsp3) is 0.286. The van der Waals surface area contributed by atoms with Crippen molar-refractivity contribution in [3.8, 4) is 5.75 Å². The van der Waals surface area contributed by atoms with Gasteiger partial charge in [0.15, 0.2) is 0 Å². The van der Waals surface area contributed by atoms with E-state index in [2.05, 4.69) is 26.1 Å². The number of carbonyl (C=O) groups excluding carboxylic acids is 1. The second-order valence-corrected chi connectivity index (χ2v) is 4.80. The van der Waals surface area contributed by atoms with E-state index in [4.69, 9.17) is 4.74 Å². The summed E-state index contributed by atoms with van der Waals surface area (Å²) in [7, 11) is 1.64. The Morgan fingerprint density at radius 2 is 2.24 bits per heavy atom. The van der Waals surface area contributed by atoms with Crippen molar-refractivity contribution in [2.75, 3.05) is 12.4 Å². The van der Waals surface area contributed by atoms with Crippen molar-refractivity contribution >= 4 is 11.9 Å². The molecule has 3 rings (SSSR count). The molecule has 0 bridgehead atoms. The van der Waals surface area contributed by atoms with E-state index in [1.165, 1.54) is 0 Å². The number of benzene rings is 1. The molecule has 7 heteroatoms. The fourth-order valence-electron chi connectivity index (χ4n) is 2.42. The van der Waals surface area contributed by atoms with E-state index in [9.17, 15) is 4.79 Å². The Morgan fingerprint density at radius 3 is 3.00 bits per heavy atom. The van der Waals surface area contributed by atoms with Gasteiger partial charge in [-0.05, 0) is 12.5 Å². The number of ether oxygens (including phenoxy) is 1. The predicted molar refractivity (Wildman–Crippen MR) is 77.6 cm³/mol. The summed E-state index contributed by atoms with van der Waals surface area (Å²) in [4.78, 5) is 19.0. The number of aromatic nitrogens is 2. The summed E-state index contributed by atoms with van der Waals surface area (Å²) < 4.78 is 5.36. The molecule has 1 aromatic carbocycles. The van der Waals surface area contributed by atoms with Crippen molar-refractivity contribution in [3.63, 3.8) is 0 Å². The average molecular weight is 287 g/mol. The first-order valence-corrected chi connectivity index (χ1v) is 6.72. The molecule has 110 valence electrons. The quantitative estimate of drug-likeness (QED) is 0.672. The minimum Gasteiger partial charge on any atom is -0.496 e. The lowest BCUT2D eigenvalue weighted by Crippen LogP contribution is -2.39. The summed E-state index contributed by atoms with van der Waals surface area (Å²) in [6, 6.07) is 7.47. The molecular weight excluding hydrogens is 270 g/mol. The third-order valence-corrected chi connectivity index (χ3v) is 3.47. The van der Waals surface area contributed by atoms with E-state index in [0.717, 1.165) is 11.3 Å². The average Bonchev–Trinajstić information content (AvgIpc) is 3.18. The number of H-pyrrole nitrogens is 1. The number of anilines is 1. The van der Waals surface area contributed by atoms with Crippen molar-refractivity contribution in [2.24, 2.45) is 0 Å². The SMILES string of the molecule is COc1ccccc1C1CC(C(=O)Nc2ncc[nH]2)NN1. The van der Waals surface area contributed by atoms with Crippen LogP contribution in [0.25, 0.3) is 0 Å². The monoisotopic (exact) mass is 287 g/mol. The van der Waals surface area contributed by atoms with E-state index in [0.29, 0.717) is 12.4 Å². The second kappa shape index (κ2) is 5.94. The first-order valence-electron chi connectivity index (χ1n) is 6.72. The largest absolute Gasteiger partial charge is 0.496 e. The minimum atomic E-state index is -0.329. The molecule has 2 heterocycles. The summed E-state index contributed by atoms with van der Waals surface area (Å²) in [5, 5.41) is 2.73. The zero-order valence-corrected chi connectivity index (χ0v) is 11.6. The van der Waals surface area contributed by atoms with Crippen LogP contribution in [0.15, 0.2) is 36.7 Å². The summed E-state index contributed by atoms with van der Waals surface area (Å²) in [5.74, 6) is 1.13. The number of methoxy groups -OCH3 is 1. The highest BCUT2D eigenvalue weighted by Crippen LogP contribution is 2.29. The van der Waals surface area contributed by atoms with E-state index >= 15 is 0 Å². The summed E-state index contributed by atoms with van der Waals surface area (Å²) in [5.41, 5.74) is 7.17. The van der Waals surface area contributed by atoms with E-state index in [-0.39, 0.29) is 18.0 Å². The molecule has 2 aromatic rings. The van der Waals surface area contributed by atoms with Crippen LogP contribution >= 0.6 is 0 Å². The first kappa shape index (κ1) is 13.6. The Hall–Kier alpha value is -2.38. The van der Waals surface area contributed by atoms with Gasteiger partial charge in [-0.1, -0.05) is 18.2 Å². The highest BCUT2D eigenvalue weighted by atomic mass is 16.5. The molecule has 0 aliphatic carbocycles. The van der Waals surface area contributed by atoms with Gasteiger partial charge in [-0.3, -0.25) is 10.1 Å². The van der Waals surface area contributed by atoms with Gasteiger partial charge in [-0.2, -0.15) is 0 Å². The molecule has 1 amide bonds. The highest BCUT2D eigenvalue weighted by molar-refractivity contribution is 5.93. The molecule has 1 aliphatic rings. The van der Waals surface area contributed by atoms with Crippen LogP contribution in [0.1, 0.15) is 18.0 Å². The Kier molecular flexibility index (Phi) is 3.85. The number of aromatic amines is 1.